The fraction of sp³-hybridized carbons (Fsp3) is 0.936. The van der Waals surface area contributed by atoms with Crippen LogP contribution in [0.3, 0.4) is 0 Å². The van der Waals surface area contributed by atoms with Gasteiger partial charge < -0.3 is 14.6 Å². The molecule has 0 aliphatic rings. The number of rotatable bonds is 44. The van der Waals surface area contributed by atoms with E-state index >= 15 is 0 Å². The molecule has 0 saturated heterocycles. The molecule has 1 unspecified atom stereocenters. The minimum atomic E-state index is -0.531. The van der Waals surface area contributed by atoms with Gasteiger partial charge in [0.2, 0.25) is 0 Å². The van der Waals surface area contributed by atoms with Crippen molar-refractivity contribution < 1.29 is 19.4 Å². The molecule has 0 fully saturated rings. The summed E-state index contributed by atoms with van der Waals surface area (Å²) in [7, 11) is 0. The first-order valence-electron chi connectivity index (χ1n) is 23.3. The van der Waals surface area contributed by atoms with E-state index in [-0.39, 0.29) is 12.6 Å². The SMILES string of the molecule is CCCCCCC/C=C\CCCCCCCCOCC(CO)OC(=O)CCCCCCCCCCCCCCCCCCCCCCCCCC. The number of carbonyl (C=O) groups excluding carboxylic acids is 1. The van der Waals surface area contributed by atoms with Crippen molar-refractivity contribution in [2.24, 2.45) is 0 Å². The smallest absolute Gasteiger partial charge is 0.306 e. The predicted octanol–water partition coefficient (Wildman–Crippen LogP) is 15.3. The number of ether oxygens (including phenoxy) is 2. The van der Waals surface area contributed by atoms with Crippen LogP contribution < -0.4 is 0 Å². The van der Waals surface area contributed by atoms with Gasteiger partial charge in [-0.3, -0.25) is 4.79 Å². The van der Waals surface area contributed by atoms with E-state index in [1.807, 2.05) is 0 Å². The highest BCUT2D eigenvalue weighted by molar-refractivity contribution is 5.69. The minimum Gasteiger partial charge on any atom is -0.457 e. The highest BCUT2D eigenvalue weighted by atomic mass is 16.6. The normalized spacial score (nSPS) is 12.3. The van der Waals surface area contributed by atoms with Crippen LogP contribution >= 0.6 is 0 Å². The number of hydrogen-bond acceptors (Lipinski definition) is 4. The van der Waals surface area contributed by atoms with Gasteiger partial charge in [-0.1, -0.05) is 225 Å². The molecule has 0 aromatic heterocycles. The predicted molar refractivity (Wildman–Crippen MR) is 224 cm³/mol. The molecule has 0 spiro atoms. The lowest BCUT2D eigenvalue weighted by Gasteiger charge is -2.15. The summed E-state index contributed by atoms with van der Waals surface area (Å²) < 4.78 is 11.2. The Morgan fingerprint density at radius 3 is 1.12 bits per heavy atom. The van der Waals surface area contributed by atoms with Crippen molar-refractivity contribution in [2.45, 2.75) is 264 Å². The van der Waals surface area contributed by atoms with Gasteiger partial charge in [0.15, 0.2) is 0 Å². The molecule has 0 amide bonds. The van der Waals surface area contributed by atoms with E-state index in [9.17, 15) is 9.90 Å². The maximum Gasteiger partial charge on any atom is 0.306 e. The summed E-state index contributed by atoms with van der Waals surface area (Å²) in [5.41, 5.74) is 0. The minimum absolute atomic E-state index is 0.168. The highest BCUT2D eigenvalue weighted by Crippen LogP contribution is 2.16. The Morgan fingerprint density at radius 1 is 0.451 bits per heavy atom. The van der Waals surface area contributed by atoms with Crippen molar-refractivity contribution in [3.8, 4) is 0 Å². The van der Waals surface area contributed by atoms with Gasteiger partial charge >= 0.3 is 5.97 Å². The van der Waals surface area contributed by atoms with Crippen LogP contribution in [0, 0.1) is 0 Å². The fourth-order valence-electron chi connectivity index (χ4n) is 7.09. The molecule has 0 rings (SSSR count). The van der Waals surface area contributed by atoms with E-state index in [0.29, 0.717) is 19.6 Å². The maximum absolute atomic E-state index is 12.2. The summed E-state index contributed by atoms with van der Waals surface area (Å²) in [5.74, 6) is -0.196. The molecule has 1 N–H and O–H groups in total. The lowest BCUT2D eigenvalue weighted by atomic mass is 10.0. The van der Waals surface area contributed by atoms with E-state index in [4.69, 9.17) is 9.47 Å². The molecule has 1 atom stereocenters. The Balaban J connectivity index is 3.35. The van der Waals surface area contributed by atoms with Crippen LogP contribution in [0.5, 0.6) is 0 Å². The third kappa shape index (κ3) is 43.4. The molecule has 0 heterocycles. The van der Waals surface area contributed by atoms with Crippen LogP contribution in [0.4, 0.5) is 0 Å². The van der Waals surface area contributed by atoms with Crippen molar-refractivity contribution in [3.63, 3.8) is 0 Å². The average molecular weight is 721 g/mol. The van der Waals surface area contributed by atoms with Crippen LogP contribution in [0.25, 0.3) is 0 Å². The first kappa shape index (κ1) is 50.1. The van der Waals surface area contributed by atoms with E-state index in [0.717, 1.165) is 19.3 Å². The first-order chi connectivity index (χ1) is 25.2. The zero-order valence-corrected chi connectivity index (χ0v) is 34.9. The average Bonchev–Trinajstić information content (AvgIpc) is 3.14. The van der Waals surface area contributed by atoms with Crippen LogP contribution in [0.2, 0.25) is 0 Å². The van der Waals surface area contributed by atoms with E-state index in [1.54, 1.807) is 0 Å². The van der Waals surface area contributed by atoms with Gasteiger partial charge in [-0.05, 0) is 38.5 Å². The molecule has 0 aliphatic carbocycles. The number of unbranched alkanes of at least 4 members (excludes halogenated alkanes) is 34. The number of carbonyl (C=O) groups is 1. The second kappa shape index (κ2) is 45.3. The maximum atomic E-state index is 12.2. The second-order valence-electron chi connectivity index (χ2n) is 15.8. The Labute approximate surface area is 320 Å². The van der Waals surface area contributed by atoms with E-state index in [2.05, 4.69) is 26.0 Å². The molecule has 4 heteroatoms. The Morgan fingerprint density at radius 2 is 0.765 bits per heavy atom. The van der Waals surface area contributed by atoms with Gasteiger partial charge in [0, 0.05) is 13.0 Å². The Bertz CT molecular complexity index is 677. The molecule has 304 valence electrons. The molecule has 0 radical (unpaired) electrons. The zero-order chi connectivity index (χ0) is 37.0. The summed E-state index contributed by atoms with van der Waals surface area (Å²) in [6.45, 7) is 5.37. The summed E-state index contributed by atoms with van der Waals surface area (Å²) in [6.07, 6.45) is 54.3. The van der Waals surface area contributed by atoms with Crippen LogP contribution in [0.1, 0.15) is 258 Å². The van der Waals surface area contributed by atoms with Gasteiger partial charge in [0.05, 0.1) is 13.2 Å². The number of hydrogen-bond donors (Lipinski definition) is 1. The molecule has 0 bridgehead atoms. The fourth-order valence-corrected chi connectivity index (χ4v) is 7.09. The van der Waals surface area contributed by atoms with Crippen molar-refractivity contribution in [2.75, 3.05) is 19.8 Å². The Kier molecular flexibility index (Phi) is 44.5. The van der Waals surface area contributed by atoms with Gasteiger partial charge in [-0.25, -0.2) is 0 Å². The third-order valence-corrected chi connectivity index (χ3v) is 10.6. The first-order valence-corrected chi connectivity index (χ1v) is 23.3. The Hall–Kier alpha value is -0.870. The zero-order valence-electron chi connectivity index (χ0n) is 34.9. The van der Waals surface area contributed by atoms with Crippen LogP contribution in [-0.4, -0.2) is 37.0 Å². The van der Waals surface area contributed by atoms with Gasteiger partial charge in [0.25, 0.3) is 0 Å². The van der Waals surface area contributed by atoms with Crippen molar-refractivity contribution in [1.29, 1.82) is 0 Å². The molecule has 0 aliphatic heterocycles. The number of allylic oxidation sites excluding steroid dienone is 2. The van der Waals surface area contributed by atoms with Crippen molar-refractivity contribution in [1.82, 2.24) is 0 Å². The van der Waals surface area contributed by atoms with Crippen molar-refractivity contribution in [3.05, 3.63) is 12.2 Å². The highest BCUT2D eigenvalue weighted by Gasteiger charge is 2.13. The second-order valence-corrected chi connectivity index (χ2v) is 15.8. The summed E-state index contributed by atoms with van der Waals surface area (Å²) in [6, 6.07) is 0. The van der Waals surface area contributed by atoms with Gasteiger partial charge in [-0.15, -0.1) is 0 Å². The molecular weight excluding hydrogens is 629 g/mol. The van der Waals surface area contributed by atoms with Crippen LogP contribution in [-0.2, 0) is 14.3 Å². The summed E-state index contributed by atoms with van der Waals surface area (Å²) in [4.78, 5) is 12.2. The monoisotopic (exact) mass is 721 g/mol. The lowest BCUT2D eigenvalue weighted by Crippen LogP contribution is -2.27. The van der Waals surface area contributed by atoms with Gasteiger partial charge in [0.1, 0.15) is 6.10 Å². The molecule has 4 nitrogen and oxygen atoms in total. The topological polar surface area (TPSA) is 55.8 Å². The molecular formula is C47H92O4. The van der Waals surface area contributed by atoms with E-state index < -0.39 is 6.10 Å². The molecule has 0 aromatic carbocycles. The van der Waals surface area contributed by atoms with Gasteiger partial charge in [-0.2, -0.15) is 0 Å². The lowest BCUT2D eigenvalue weighted by molar-refractivity contribution is -0.154. The molecule has 0 aromatic rings. The number of aliphatic hydroxyl groups excluding tert-OH is 1. The van der Waals surface area contributed by atoms with Crippen molar-refractivity contribution >= 4 is 5.97 Å². The quantitative estimate of drug-likeness (QED) is 0.0387. The van der Waals surface area contributed by atoms with E-state index in [1.165, 1.54) is 218 Å². The third-order valence-electron chi connectivity index (χ3n) is 10.6. The molecule has 51 heavy (non-hydrogen) atoms. The molecule has 0 saturated carbocycles. The summed E-state index contributed by atoms with van der Waals surface area (Å²) >= 11 is 0. The number of aliphatic hydroxyl groups is 1. The standard InChI is InChI=1S/C47H92O4/c1-3-5-7-9-11-13-15-17-19-20-21-22-23-24-25-26-27-28-30-32-34-36-38-40-42-47(49)51-46(44-48)45-50-43-41-39-37-35-33-31-29-18-16-14-12-10-8-6-4-2/h16,18,46,48H,3-15,17,19-45H2,1-2H3/b18-16-. The summed E-state index contributed by atoms with van der Waals surface area (Å²) in [5, 5.41) is 9.61. The largest absolute Gasteiger partial charge is 0.457 e. The number of esters is 1. The van der Waals surface area contributed by atoms with Crippen LogP contribution in [0.15, 0.2) is 12.2 Å².